The molecule has 0 fully saturated rings. The number of para-hydroxylation sites is 1. The number of halogens is 1. The summed E-state index contributed by atoms with van der Waals surface area (Å²) >= 11 is 0. The van der Waals surface area contributed by atoms with Crippen LogP contribution in [0.5, 0.6) is 0 Å². The Balaban J connectivity index is 1.60. The van der Waals surface area contributed by atoms with Gasteiger partial charge in [-0.3, -0.25) is 0 Å². The maximum absolute atomic E-state index is 14.6. The van der Waals surface area contributed by atoms with Gasteiger partial charge in [0.25, 0.3) is 0 Å². The summed E-state index contributed by atoms with van der Waals surface area (Å²) in [5, 5.41) is 7.38. The molecule has 7 nitrogen and oxygen atoms in total. The van der Waals surface area contributed by atoms with Gasteiger partial charge < -0.3 is 25.4 Å². The van der Waals surface area contributed by atoms with Crippen LogP contribution < -0.4 is 15.5 Å². The number of nitrogens with zero attached hydrogens (tertiary/aromatic N) is 4. The number of hydrogen-bond donors (Lipinski definition) is 3. The van der Waals surface area contributed by atoms with Crippen LogP contribution in [0.4, 0.5) is 27.4 Å². The molecule has 0 atom stereocenters. The first-order chi connectivity index (χ1) is 15.5. The molecule has 0 bridgehead atoms. The molecule has 2 aromatic heterocycles. The minimum atomic E-state index is -0.464. The summed E-state index contributed by atoms with van der Waals surface area (Å²) in [5.74, 6) is -0.128. The predicted molar refractivity (Wildman–Crippen MR) is 130 cm³/mol. The van der Waals surface area contributed by atoms with Gasteiger partial charge in [-0.05, 0) is 38.4 Å². The summed E-state index contributed by atoms with van der Waals surface area (Å²) in [6.07, 6.45) is 2.98. The Morgan fingerprint density at radius 1 is 1.06 bits per heavy atom. The highest BCUT2D eigenvalue weighted by atomic mass is 19.1. The Kier molecular flexibility index (Phi) is 6.23. The zero-order chi connectivity index (χ0) is 22.7. The predicted octanol–water partition coefficient (Wildman–Crippen LogP) is 4.55. The maximum atomic E-state index is 14.6. The van der Waals surface area contributed by atoms with Crippen molar-refractivity contribution in [3.8, 4) is 11.3 Å². The van der Waals surface area contributed by atoms with Crippen molar-refractivity contribution in [2.45, 2.75) is 0 Å². The molecule has 8 heteroatoms. The molecule has 0 aliphatic rings. The van der Waals surface area contributed by atoms with Gasteiger partial charge in [-0.15, -0.1) is 0 Å². The fourth-order valence-electron chi connectivity index (χ4n) is 3.63. The fourth-order valence-corrected chi connectivity index (χ4v) is 3.63. The van der Waals surface area contributed by atoms with Crippen molar-refractivity contribution in [2.24, 2.45) is 0 Å². The van der Waals surface area contributed by atoms with Crippen LogP contribution in [0.2, 0.25) is 0 Å². The summed E-state index contributed by atoms with van der Waals surface area (Å²) in [4.78, 5) is 16.1. The van der Waals surface area contributed by atoms with E-state index in [9.17, 15) is 4.39 Å². The third-order valence-electron chi connectivity index (χ3n) is 5.40. The summed E-state index contributed by atoms with van der Waals surface area (Å²) in [7, 11) is 8.09. The van der Waals surface area contributed by atoms with Gasteiger partial charge in [-0.2, -0.15) is 0 Å². The van der Waals surface area contributed by atoms with Gasteiger partial charge in [-0.1, -0.05) is 18.2 Å². The van der Waals surface area contributed by atoms with Gasteiger partial charge in [0, 0.05) is 55.5 Å². The topological polar surface area (TPSA) is 72.1 Å². The van der Waals surface area contributed by atoms with Crippen LogP contribution in [-0.4, -0.2) is 61.1 Å². The number of H-pyrrole nitrogens is 1. The second kappa shape index (κ2) is 9.23. The molecular formula is C24H28FN7. The molecule has 0 aliphatic heterocycles. The number of aromatic nitrogens is 3. The highest BCUT2D eigenvalue weighted by Gasteiger charge is 2.15. The number of fused-ring (bicyclic) bond motifs is 1. The average molecular weight is 434 g/mol. The Labute approximate surface area is 187 Å². The van der Waals surface area contributed by atoms with Crippen molar-refractivity contribution in [3.63, 3.8) is 0 Å². The lowest BCUT2D eigenvalue weighted by molar-refractivity contribution is 0.416. The molecule has 0 unspecified atom stereocenters. The Morgan fingerprint density at radius 3 is 2.66 bits per heavy atom. The lowest BCUT2D eigenvalue weighted by Crippen LogP contribution is -2.28. The smallest absolute Gasteiger partial charge is 0.227 e. The molecule has 0 saturated carbocycles. The summed E-state index contributed by atoms with van der Waals surface area (Å²) in [6.45, 7) is 1.86. The number of benzene rings is 2. The van der Waals surface area contributed by atoms with Crippen LogP contribution in [0.15, 0.2) is 54.9 Å². The van der Waals surface area contributed by atoms with Crippen LogP contribution in [-0.2, 0) is 0 Å². The van der Waals surface area contributed by atoms with E-state index in [1.807, 2.05) is 49.5 Å². The van der Waals surface area contributed by atoms with Crippen molar-refractivity contribution in [3.05, 3.63) is 60.7 Å². The highest BCUT2D eigenvalue weighted by molar-refractivity contribution is 5.94. The lowest BCUT2D eigenvalue weighted by Gasteiger charge is -2.24. The van der Waals surface area contributed by atoms with Crippen molar-refractivity contribution in [2.75, 3.05) is 56.8 Å². The van der Waals surface area contributed by atoms with Gasteiger partial charge in [0.2, 0.25) is 5.95 Å². The molecule has 2 heterocycles. The molecule has 0 radical (unpaired) electrons. The van der Waals surface area contributed by atoms with E-state index in [1.165, 1.54) is 6.20 Å². The molecule has 4 rings (SSSR count). The molecule has 2 aromatic carbocycles. The Morgan fingerprint density at radius 2 is 1.88 bits per heavy atom. The van der Waals surface area contributed by atoms with Crippen molar-refractivity contribution in [1.29, 1.82) is 0 Å². The SMILES string of the molecule is CNc1cc(Nc2ncc(F)c(-c3c[nH]c4ccccc34)n2)ccc1N(C)CCN(C)C. The van der Waals surface area contributed by atoms with Crippen LogP contribution >= 0.6 is 0 Å². The highest BCUT2D eigenvalue weighted by Crippen LogP contribution is 2.31. The average Bonchev–Trinajstić information content (AvgIpc) is 3.22. The van der Waals surface area contributed by atoms with Gasteiger partial charge in [0.05, 0.1) is 17.6 Å². The van der Waals surface area contributed by atoms with Gasteiger partial charge >= 0.3 is 0 Å². The van der Waals surface area contributed by atoms with E-state index in [4.69, 9.17) is 0 Å². The summed E-state index contributed by atoms with van der Waals surface area (Å²) in [6, 6.07) is 13.8. The minimum absolute atomic E-state index is 0.258. The van der Waals surface area contributed by atoms with E-state index in [2.05, 4.69) is 56.5 Å². The molecule has 0 saturated heterocycles. The first-order valence-corrected chi connectivity index (χ1v) is 10.5. The second-order valence-corrected chi connectivity index (χ2v) is 7.97. The normalized spacial score (nSPS) is 11.2. The summed E-state index contributed by atoms with van der Waals surface area (Å²) in [5.41, 5.74) is 4.79. The molecular weight excluding hydrogens is 405 g/mol. The van der Waals surface area contributed by atoms with Crippen LogP contribution in [0.25, 0.3) is 22.2 Å². The fraction of sp³-hybridized carbons (Fsp3) is 0.250. The molecule has 32 heavy (non-hydrogen) atoms. The lowest BCUT2D eigenvalue weighted by atomic mass is 10.1. The number of aromatic amines is 1. The standard InChI is InChI=1S/C24H28FN7/c1-26-21-13-16(9-10-22(21)32(4)12-11-31(2)3)29-24-28-15-19(25)23(30-24)18-14-27-20-8-6-5-7-17(18)20/h5-10,13-15,26-27H,11-12H2,1-4H3,(H,28,29,30). The van der Waals surface area contributed by atoms with Crippen molar-refractivity contribution >= 4 is 33.9 Å². The van der Waals surface area contributed by atoms with Crippen LogP contribution in [0.1, 0.15) is 0 Å². The van der Waals surface area contributed by atoms with E-state index in [0.717, 1.165) is 41.1 Å². The van der Waals surface area contributed by atoms with Crippen LogP contribution in [0.3, 0.4) is 0 Å². The van der Waals surface area contributed by atoms with E-state index in [-0.39, 0.29) is 5.69 Å². The zero-order valence-electron chi connectivity index (χ0n) is 18.8. The molecule has 0 spiro atoms. The summed E-state index contributed by atoms with van der Waals surface area (Å²) < 4.78 is 14.6. The third-order valence-corrected chi connectivity index (χ3v) is 5.40. The van der Waals surface area contributed by atoms with Crippen molar-refractivity contribution in [1.82, 2.24) is 19.9 Å². The zero-order valence-corrected chi connectivity index (χ0v) is 18.8. The van der Waals surface area contributed by atoms with Crippen LogP contribution in [0, 0.1) is 5.82 Å². The third kappa shape index (κ3) is 4.50. The van der Waals surface area contributed by atoms with Gasteiger partial charge in [0.15, 0.2) is 5.82 Å². The first kappa shape index (κ1) is 21.6. The molecule has 0 aliphatic carbocycles. The molecule has 4 aromatic rings. The number of likely N-dealkylation sites (N-methyl/N-ethyl adjacent to an activating group) is 2. The number of anilines is 4. The largest absolute Gasteiger partial charge is 0.386 e. The molecule has 166 valence electrons. The molecule has 3 N–H and O–H groups in total. The number of rotatable bonds is 8. The maximum Gasteiger partial charge on any atom is 0.227 e. The quantitative estimate of drug-likeness (QED) is 0.379. The molecule has 0 amide bonds. The van der Waals surface area contributed by atoms with E-state index >= 15 is 0 Å². The van der Waals surface area contributed by atoms with E-state index < -0.39 is 5.82 Å². The number of hydrogen-bond acceptors (Lipinski definition) is 6. The first-order valence-electron chi connectivity index (χ1n) is 10.5. The monoisotopic (exact) mass is 433 g/mol. The van der Waals surface area contributed by atoms with Gasteiger partial charge in [0.1, 0.15) is 5.69 Å². The second-order valence-electron chi connectivity index (χ2n) is 7.97. The van der Waals surface area contributed by atoms with E-state index in [0.29, 0.717) is 11.5 Å². The Bertz CT molecular complexity index is 1220. The van der Waals surface area contributed by atoms with Gasteiger partial charge in [-0.25, -0.2) is 14.4 Å². The number of nitrogens with one attached hydrogen (secondary N) is 3. The minimum Gasteiger partial charge on any atom is -0.386 e. The van der Waals surface area contributed by atoms with E-state index in [1.54, 1.807) is 6.20 Å². The Hall–Kier alpha value is -3.65. The van der Waals surface area contributed by atoms with Crippen molar-refractivity contribution < 1.29 is 4.39 Å².